The smallest absolute Gasteiger partial charge is 0.134 e. The summed E-state index contributed by atoms with van der Waals surface area (Å²) in [4.78, 5) is 0. The summed E-state index contributed by atoms with van der Waals surface area (Å²) in [6, 6.07) is 12.3. The predicted octanol–water partition coefficient (Wildman–Crippen LogP) is 3.22. The van der Waals surface area contributed by atoms with Crippen molar-refractivity contribution in [2.75, 3.05) is 20.3 Å². The van der Waals surface area contributed by atoms with Gasteiger partial charge in [-0.3, -0.25) is 5.32 Å². The van der Waals surface area contributed by atoms with Gasteiger partial charge < -0.3 is 4.74 Å². The van der Waals surface area contributed by atoms with Crippen LogP contribution in [0.15, 0.2) is 30.3 Å². The molecule has 20 heavy (non-hydrogen) atoms. The van der Waals surface area contributed by atoms with Crippen molar-refractivity contribution in [2.24, 2.45) is 5.92 Å². The lowest BCUT2D eigenvalue weighted by Crippen LogP contribution is -2.39. The van der Waals surface area contributed by atoms with Gasteiger partial charge in [0.15, 0.2) is 0 Å². The molecule has 1 aliphatic rings. The van der Waals surface area contributed by atoms with E-state index in [9.17, 15) is 5.26 Å². The summed E-state index contributed by atoms with van der Waals surface area (Å²) in [6.45, 7) is 1.47. The van der Waals surface area contributed by atoms with Gasteiger partial charge in [-0.05, 0) is 31.4 Å². The minimum atomic E-state index is -0.642. The Morgan fingerprint density at radius 2 is 2.00 bits per heavy atom. The second-order valence-corrected chi connectivity index (χ2v) is 5.61. The molecule has 1 atom stereocenters. The molecule has 1 N–H and O–H groups in total. The van der Waals surface area contributed by atoms with E-state index < -0.39 is 5.54 Å². The number of ether oxygens (including phenoxy) is 1. The van der Waals surface area contributed by atoms with Crippen LogP contribution < -0.4 is 5.32 Å². The molecule has 0 radical (unpaired) electrons. The molecule has 1 aromatic carbocycles. The second-order valence-electron chi connectivity index (χ2n) is 5.61. The van der Waals surface area contributed by atoms with E-state index in [-0.39, 0.29) is 0 Å². The highest BCUT2D eigenvalue weighted by molar-refractivity contribution is 5.31. The van der Waals surface area contributed by atoms with E-state index in [1.54, 1.807) is 0 Å². The summed E-state index contributed by atoms with van der Waals surface area (Å²) in [5, 5.41) is 12.7. The van der Waals surface area contributed by atoms with Gasteiger partial charge in [-0.25, -0.2) is 0 Å². The Morgan fingerprint density at radius 3 is 2.60 bits per heavy atom. The first kappa shape index (κ1) is 15.0. The van der Waals surface area contributed by atoms with Crippen molar-refractivity contribution in [3.63, 3.8) is 0 Å². The largest absolute Gasteiger partial charge is 0.381 e. The number of nitrogens with zero attached hydrogens (tertiary/aromatic N) is 1. The summed E-state index contributed by atoms with van der Waals surface area (Å²) in [6.07, 6.45) is 5.96. The molecule has 0 spiro atoms. The summed E-state index contributed by atoms with van der Waals surface area (Å²) in [7, 11) is 1.84. The van der Waals surface area contributed by atoms with Gasteiger partial charge in [0.1, 0.15) is 5.54 Å². The van der Waals surface area contributed by atoms with Crippen molar-refractivity contribution in [3.05, 3.63) is 35.9 Å². The maximum absolute atomic E-state index is 9.57. The van der Waals surface area contributed by atoms with E-state index in [4.69, 9.17) is 4.74 Å². The molecule has 0 heterocycles. The first-order valence-electron chi connectivity index (χ1n) is 7.54. The van der Waals surface area contributed by atoms with Gasteiger partial charge in [-0.2, -0.15) is 5.26 Å². The van der Waals surface area contributed by atoms with Crippen LogP contribution in [-0.4, -0.2) is 20.3 Å². The zero-order valence-electron chi connectivity index (χ0n) is 12.3. The van der Waals surface area contributed by atoms with Gasteiger partial charge in [0.2, 0.25) is 0 Å². The Kier molecular flexibility index (Phi) is 5.58. The van der Waals surface area contributed by atoms with Crippen molar-refractivity contribution in [2.45, 2.75) is 37.6 Å². The molecule has 2 rings (SSSR count). The number of nitrogens with one attached hydrogen (secondary N) is 1. The minimum Gasteiger partial charge on any atom is -0.381 e. The summed E-state index contributed by atoms with van der Waals surface area (Å²) >= 11 is 0. The highest BCUT2D eigenvalue weighted by Crippen LogP contribution is 2.26. The molecule has 1 aliphatic carbocycles. The van der Waals surface area contributed by atoms with Crippen molar-refractivity contribution in [1.29, 1.82) is 5.26 Å². The Bertz CT molecular complexity index is 434. The monoisotopic (exact) mass is 272 g/mol. The van der Waals surface area contributed by atoms with Crippen LogP contribution in [0.5, 0.6) is 0 Å². The van der Waals surface area contributed by atoms with Gasteiger partial charge in [0, 0.05) is 19.6 Å². The Hall–Kier alpha value is -1.37. The number of hydrogen-bond acceptors (Lipinski definition) is 3. The van der Waals surface area contributed by atoms with Gasteiger partial charge in [0.05, 0.1) is 6.07 Å². The topological polar surface area (TPSA) is 45.0 Å². The van der Waals surface area contributed by atoms with Gasteiger partial charge in [-0.15, -0.1) is 0 Å². The molecule has 3 heteroatoms. The first-order chi connectivity index (χ1) is 9.80. The van der Waals surface area contributed by atoms with Crippen LogP contribution >= 0.6 is 0 Å². The van der Waals surface area contributed by atoms with Crippen LogP contribution in [0.4, 0.5) is 0 Å². The number of benzene rings is 1. The van der Waals surface area contributed by atoms with Crippen molar-refractivity contribution < 1.29 is 4.74 Å². The van der Waals surface area contributed by atoms with E-state index in [2.05, 4.69) is 11.4 Å². The van der Waals surface area contributed by atoms with Crippen LogP contribution in [0.2, 0.25) is 0 Å². The van der Waals surface area contributed by atoms with Crippen molar-refractivity contribution in [1.82, 2.24) is 5.32 Å². The molecule has 0 aromatic heterocycles. The average Bonchev–Trinajstić information content (AvgIpc) is 3.02. The van der Waals surface area contributed by atoms with Gasteiger partial charge in [0.25, 0.3) is 0 Å². The molecule has 3 nitrogen and oxygen atoms in total. The lowest BCUT2D eigenvalue weighted by Gasteiger charge is -2.26. The Balaban J connectivity index is 1.87. The Morgan fingerprint density at radius 1 is 1.30 bits per heavy atom. The zero-order valence-corrected chi connectivity index (χ0v) is 12.3. The van der Waals surface area contributed by atoms with E-state index in [1.165, 1.54) is 25.7 Å². The molecule has 0 amide bonds. The maximum Gasteiger partial charge on any atom is 0.134 e. The van der Waals surface area contributed by atoms with Gasteiger partial charge >= 0.3 is 0 Å². The number of hydrogen-bond donors (Lipinski definition) is 1. The summed E-state index contributed by atoms with van der Waals surface area (Å²) < 4.78 is 5.81. The quantitative estimate of drug-likeness (QED) is 0.775. The third-order valence-electron chi connectivity index (χ3n) is 4.33. The van der Waals surface area contributed by atoms with Crippen LogP contribution in [0.3, 0.4) is 0 Å². The lowest BCUT2D eigenvalue weighted by molar-refractivity contribution is 0.0878. The molecule has 0 bridgehead atoms. The van der Waals surface area contributed by atoms with Crippen LogP contribution in [0.25, 0.3) is 0 Å². The van der Waals surface area contributed by atoms with E-state index in [0.29, 0.717) is 13.0 Å². The molecule has 1 saturated carbocycles. The Labute approximate surface area is 121 Å². The third-order valence-corrected chi connectivity index (χ3v) is 4.33. The molecule has 1 unspecified atom stereocenters. The molecular weight excluding hydrogens is 248 g/mol. The third kappa shape index (κ3) is 3.59. The predicted molar refractivity (Wildman–Crippen MR) is 80.2 cm³/mol. The summed E-state index contributed by atoms with van der Waals surface area (Å²) in [5.41, 5.74) is 0.367. The van der Waals surface area contributed by atoms with Crippen LogP contribution in [0, 0.1) is 17.2 Å². The SMILES string of the molecule is CNC(C#N)(CCOCC1CCCC1)c1ccccc1. The summed E-state index contributed by atoms with van der Waals surface area (Å²) in [5.74, 6) is 0.734. The fourth-order valence-corrected chi connectivity index (χ4v) is 2.96. The fourth-order valence-electron chi connectivity index (χ4n) is 2.96. The normalized spacial score (nSPS) is 18.6. The van der Waals surface area contributed by atoms with E-state index in [0.717, 1.165) is 18.1 Å². The molecule has 0 saturated heterocycles. The fraction of sp³-hybridized carbons (Fsp3) is 0.588. The minimum absolute atomic E-state index is 0.625. The number of nitriles is 1. The lowest BCUT2D eigenvalue weighted by atomic mass is 9.88. The van der Waals surface area contributed by atoms with Crippen molar-refractivity contribution >= 4 is 0 Å². The molecule has 108 valence electrons. The molecule has 1 fully saturated rings. The van der Waals surface area contributed by atoms with Gasteiger partial charge in [-0.1, -0.05) is 43.2 Å². The highest BCUT2D eigenvalue weighted by atomic mass is 16.5. The van der Waals surface area contributed by atoms with Crippen molar-refractivity contribution in [3.8, 4) is 6.07 Å². The molecule has 1 aromatic rings. The number of rotatable bonds is 7. The van der Waals surface area contributed by atoms with E-state index in [1.807, 2.05) is 37.4 Å². The molecular formula is C17H24N2O. The highest BCUT2D eigenvalue weighted by Gasteiger charge is 2.30. The van der Waals surface area contributed by atoms with E-state index >= 15 is 0 Å². The second kappa shape index (κ2) is 7.42. The zero-order chi connectivity index (χ0) is 14.3. The first-order valence-corrected chi connectivity index (χ1v) is 7.54. The average molecular weight is 272 g/mol. The van der Waals surface area contributed by atoms with Crippen LogP contribution in [-0.2, 0) is 10.3 Å². The molecule has 0 aliphatic heterocycles. The standard InChI is InChI=1S/C17H24N2O/c1-19-17(14-18,16-9-3-2-4-10-16)11-12-20-13-15-7-5-6-8-15/h2-4,9-10,15,19H,5-8,11-13H2,1H3. The van der Waals surface area contributed by atoms with Crippen LogP contribution in [0.1, 0.15) is 37.7 Å². The maximum atomic E-state index is 9.57.